The summed E-state index contributed by atoms with van der Waals surface area (Å²) in [5.74, 6) is 0. The predicted octanol–water partition coefficient (Wildman–Crippen LogP) is 3.18. The molecule has 2 atom stereocenters. The van der Waals surface area contributed by atoms with Crippen LogP contribution in [0.15, 0.2) is 24.3 Å². The Kier molecular flexibility index (Phi) is 5.64. The fraction of sp³-hybridized carbons (Fsp3) is 0.600. The maximum atomic E-state index is 6.06. The van der Waals surface area contributed by atoms with Gasteiger partial charge in [-0.15, -0.1) is 0 Å². The van der Waals surface area contributed by atoms with Crippen LogP contribution in [0.2, 0.25) is 5.02 Å². The quantitative estimate of drug-likeness (QED) is 0.795. The highest BCUT2D eigenvalue weighted by Crippen LogP contribution is 2.24. The van der Waals surface area contributed by atoms with Crippen LogP contribution < -0.4 is 5.32 Å². The second kappa shape index (κ2) is 7.25. The zero-order valence-corrected chi connectivity index (χ0v) is 12.3. The van der Waals surface area contributed by atoms with Crippen LogP contribution in [-0.4, -0.2) is 32.4 Å². The molecule has 4 heteroatoms. The van der Waals surface area contributed by atoms with Crippen molar-refractivity contribution in [1.82, 2.24) is 5.32 Å². The second-order valence-corrected chi connectivity index (χ2v) is 5.56. The molecule has 1 aromatic carbocycles. The van der Waals surface area contributed by atoms with Crippen molar-refractivity contribution in [2.45, 2.75) is 38.0 Å². The van der Waals surface area contributed by atoms with Gasteiger partial charge in [0.25, 0.3) is 0 Å². The fourth-order valence-electron chi connectivity index (χ4n) is 2.04. The van der Waals surface area contributed by atoms with Crippen LogP contribution in [0.3, 0.4) is 0 Å². The van der Waals surface area contributed by atoms with Gasteiger partial charge in [-0.1, -0.05) is 23.7 Å². The molecule has 0 heterocycles. The van der Waals surface area contributed by atoms with Gasteiger partial charge >= 0.3 is 0 Å². The van der Waals surface area contributed by atoms with Gasteiger partial charge in [0, 0.05) is 24.7 Å². The molecule has 106 valence electrons. The molecule has 1 aromatic rings. The van der Waals surface area contributed by atoms with Crippen LogP contribution in [0.4, 0.5) is 0 Å². The van der Waals surface area contributed by atoms with Gasteiger partial charge in [0.15, 0.2) is 0 Å². The third kappa shape index (κ3) is 5.11. The topological polar surface area (TPSA) is 30.5 Å². The molecule has 0 saturated heterocycles. The molecule has 2 rings (SSSR count). The monoisotopic (exact) mass is 283 g/mol. The van der Waals surface area contributed by atoms with E-state index in [0.717, 1.165) is 17.1 Å². The Morgan fingerprint density at radius 1 is 1.32 bits per heavy atom. The number of nitrogens with one attached hydrogen (secondary N) is 1. The lowest BCUT2D eigenvalue weighted by Gasteiger charge is -2.23. The lowest BCUT2D eigenvalue weighted by atomic mass is 10.1. The molecule has 0 spiro atoms. The predicted molar refractivity (Wildman–Crippen MR) is 77.6 cm³/mol. The maximum absolute atomic E-state index is 6.06. The lowest BCUT2D eigenvalue weighted by Crippen LogP contribution is -2.28. The van der Waals surface area contributed by atoms with Crippen molar-refractivity contribution >= 4 is 11.6 Å². The summed E-state index contributed by atoms with van der Waals surface area (Å²) in [4.78, 5) is 0. The van der Waals surface area contributed by atoms with Crippen LogP contribution in [0, 0.1) is 0 Å². The van der Waals surface area contributed by atoms with Crippen molar-refractivity contribution in [2.75, 3.05) is 20.3 Å². The van der Waals surface area contributed by atoms with Crippen molar-refractivity contribution in [3.05, 3.63) is 34.9 Å². The summed E-state index contributed by atoms with van der Waals surface area (Å²) in [6.07, 6.45) is 2.68. The minimum Gasteiger partial charge on any atom is -0.382 e. The molecule has 0 radical (unpaired) electrons. The molecule has 1 N–H and O–H groups in total. The number of rotatable bonds is 8. The molecule has 0 amide bonds. The zero-order chi connectivity index (χ0) is 13.7. The molecule has 0 bridgehead atoms. The number of methoxy groups -OCH3 is 1. The van der Waals surface area contributed by atoms with E-state index in [1.165, 1.54) is 12.8 Å². The van der Waals surface area contributed by atoms with E-state index in [4.69, 9.17) is 21.1 Å². The Bertz CT molecular complexity index is 378. The van der Waals surface area contributed by atoms with Gasteiger partial charge in [-0.05, 0) is 37.5 Å². The first-order valence-electron chi connectivity index (χ1n) is 6.82. The Labute approximate surface area is 120 Å². The van der Waals surface area contributed by atoms with Gasteiger partial charge in [0.05, 0.1) is 18.8 Å². The first-order chi connectivity index (χ1) is 9.19. The molecular weight excluding hydrogens is 262 g/mol. The minimum atomic E-state index is 0.0445. The maximum Gasteiger partial charge on any atom is 0.0954 e. The fourth-order valence-corrected chi connectivity index (χ4v) is 2.16. The summed E-state index contributed by atoms with van der Waals surface area (Å²) in [5, 5.41) is 4.27. The summed E-state index contributed by atoms with van der Waals surface area (Å²) in [7, 11) is 1.69. The molecule has 2 unspecified atom stereocenters. The van der Waals surface area contributed by atoms with E-state index in [-0.39, 0.29) is 12.2 Å². The van der Waals surface area contributed by atoms with Crippen LogP contribution >= 0.6 is 11.6 Å². The smallest absolute Gasteiger partial charge is 0.0954 e. The average Bonchev–Trinajstić information content (AvgIpc) is 3.20. The van der Waals surface area contributed by atoms with E-state index in [0.29, 0.717) is 12.6 Å². The number of ether oxygens (including phenoxy) is 2. The standard InChI is InChI=1S/C15H22ClNO2/c1-11(10-18-2)19-15(9-17-14-7-8-14)12-3-5-13(16)6-4-12/h3-6,11,14-15,17H,7-10H2,1-2H3. The SMILES string of the molecule is COCC(C)OC(CNC1CC1)c1ccc(Cl)cc1. The summed E-state index contributed by atoms with van der Waals surface area (Å²) in [6.45, 7) is 3.47. The first-order valence-corrected chi connectivity index (χ1v) is 7.20. The third-order valence-electron chi connectivity index (χ3n) is 3.21. The molecule has 1 aliphatic rings. The molecule has 1 saturated carbocycles. The van der Waals surface area contributed by atoms with Crippen molar-refractivity contribution in [3.8, 4) is 0 Å². The van der Waals surface area contributed by atoms with E-state index in [1.54, 1.807) is 7.11 Å². The van der Waals surface area contributed by atoms with Gasteiger partial charge in [-0.25, -0.2) is 0 Å². The number of benzene rings is 1. The Hall–Kier alpha value is -0.610. The van der Waals surface area contributed by atoms with E-state index in [9.17, 15) is 0 Å². The minimum absolute atomic E-state index is 0.0445. The van der Waals surface area contributed by atoms with Gasteiger partial charge in [0.2, 0.25) is 0 Å². The van der Waals surface area contributed by atoms with Crippen molar-refractivity contribution in [3.63, 3.8) is 0 Å². The second-order valence-electron chi connectivity index (χ2n) is 5.12. The van der Waals surface area contributed by atoms with Crippen molar-refractivity contribution < 1.29 is 9.47 Å². The molecule has 0 aromatic heterocycles. The van der Waals surface area contributed by atoms with Gasteiger partial charge < -0.3 is 14.8 Å². The van der Waals surface area contributed by atoms with Gasteiger partial charge in [-0.3, -0.25) is 0 Å². The zero-order valence-electron chi connectivity index (χ0n) is 11.6. The Balaban J connectivity index is 1.96. The third-order valence-corrected chi connectivity index (χ3v) is 3.46. The van der Waals surface area contributed by atoms with Crippen LogP contribution in [0.1, 0.15) is 31.4 Å². The summed E-state index contributed by atoms with van der Waals surface area (Å²) >= 11 is 5.93. The van der Waals surface area contributed by atoms with E-state index in [1.807, 2.05) is 31.2 Å². The summed E-state index contributed by atoms with van der Waals surface area (Å²) in [5.41, 5.74) is 1.15. The molecule has 1 aliphatic carbocycles. The van der Waals surface area contributed by atoms with Crippen LogP contribution in [0.25, 0.3) is 0 Å². The molecule has 1 fully saturated rings. The Morgan fingerprint density at radius 3 is 2.58 bits per heavy atom. The van der Waals surface area contributed by atoms with E-state index >= 15 is 0 Å². The van der Waals surface area contributed by atoms with Crippen molar-refractivity contribution in [2.24, 2.45) is 0 Å². The normalized spacial score (nSPS) is 18.3. The van der Waals surface area contributed by atoms with Crippen LogP contribution in [0.5, 0.6) is 0 Å². The van der Waals surface area contributed by atoms with Gasteiger partial charge in [0.1, 0.15) is 0 Å². The molecule has 0 aliphatic heterocycles. The highest BCUT2D eigenvalue weighted by atomic mass is 35.5. The summed E-state index contributed by atoms with van der Waals surface area (Å²) < 4.78 is 11.2. The molecule has 3 nitrogen and oxygen atoms in total. The van der Waals surface area contributed by atoms with E-state index < -0.39 is 0 Å². The largest absolute Gasteiger partial charge is 0.382 e. The summed E-state index contributed by atoms with van der Waals surface area (Å²) in [6, 6.07) is 8.55. The average molecular weight is 284 g/mol. The molecule has 19 heavy (non-hydrogen) atoms. The van der Waals surface area contributed by atoms with Gasteiger partial charge in [-0.2, -0.15) is 0 Å². The number of halogens is 1. The lowest BCUT2D eigenvalue weighted by molar-refractivity contribution is -0.0394. The Morgan fingerprint density at radius 2 is 2.00 bits per heavy atom. The highest BCUT2D eigenvalue weighted by molar-refractivity contribution is 6.30. The number of hydrogen-bond donors (Lipinski definition) is 1. The van der Waals surface area contributed by atoms with Crippen LogP contribution in [-0.2, 0) is 9.47 Å². The first kappa shape index (κ1) is 14.8. The highest BCUT2D eigenvalue weighted by Gasteiger charge is 2.23. The van der Waals surface area contributed by atoms with Crippen molar-refractivity contribution in [1.29, 1.82) is 0 Å². The van der Waals surface area contributed by atoms with E-state index in [2.05, 4.69) is 5.32 Å². The number of hydrogen-bond acceptors (Lipinski definition) is 3. The molecular formula is C15H22ClNO2.